The minimum absolute atomic E-state index is 0.0178. The molecule has 7 heteroatoms. The molecule has 98 valence electrons. The van der Waals surface area contributed by atoms with Gasteiger partial charge in [-0.2, -0.15) is 0 Å². The van der Waals surface area contributed by atoms with Crippen LogP contribution in [-0.4, -0.2) is 15.9 Å². The van der Waals surface area contributed by atoms with Gasteiger partial charge in [0.15, 0.2) is 0 Å². The zero-order valence-corrected chi connectivity index (χ0v) is 11.6. The van der Waals surface area contributed by atoms with E-state index in [1.165, 1.54) is 29.5 Å². The van der Waals surface area contributed by atoms with E-state index in [0.29, 0.717) is 11.4 Å². The average Bonchev–Trinajstić information content (AvgIpc) is 2.78. The third-order valence-electron chi connectivity index (χ3n) is 2.35. The molecule has 19 heavy (non-hydrogen) atoms. The van der Waals surface area contributed by atoms with Crippen LogP contribution < -0.4 is 11.1 Å². The second-order valence-corrected chi connectivity index (χ2v) is 5.26. The number of carbonyl (C=O) groups excluding carboxylic acids is 1. The second-order valence-electron chi connectivity index (χ2n) is 3.76. The maximum Gasteiger partial charge on any atom is 0.275 e. The van der Waals surface area contributed by atoms with Crippen molar-refractivity contribution in [3.05, 3.63) is 45.7 Å². The summed E-state index contributed by atoms with van der Waals surface area (Å²) >= 11 is 6.20. The summed E-state index contributed by atoms with van der Waals surface area (Å²) in [5.74, 6) is -0.848. The number of thiazole rings is 1. The maximum absolute atomic E-state index is 13.1. The highest BCUT2D eigenvalue weighted by Crippen LogP contribution is 2.18. The predicted octanol–water partition coefficient (Wildman–Crippen LogP) is 2.48. The van der Waals surface area contributed by atoms with Gasteiger partial charge in [0.05, 0.1) is 10.7 Å². The van der Waals surface area contributed by atoms with Crippen molar-refractivity contribution >= 4 is 40.1 Å². The Morgan fingerprint density at radius 1 is 1.53 bits per heavy atom. The number of rotatable bonds is 3. The Morgan fingerprint density at radius 2 is 2.26 bits per heavy atom. The highest BCUT2D eigenvalue weighted by Gasteiger charge is 2.13. The molecule has 0 fully saturated rings. The lowest BCUT2D eigenvalue weighted by molar-refractivity contribution is 0.102. The first kappa shape index (κ1) is 13.6. The van der Waals surface area contributed by atoms with Crippen molar-refractivity contribution in [3.63, 3.8) is 0 Å². The lowest BCUT2D eigenvalue weighted by atomic mass is 10.1. The molecule has 1 amide bonds. The Kier molecular flexibility index (Phi) is 3.87. The van der Waals surface area contributed by atoms with Crippen LogP contribution in [0.15, 0.2) is 23.6 Å². The van der Waals surface area contributed by atoms with Crippen molar-refractivity contribution in [2.45, 2.75) is 6.92 Å². The Morgan fingerprint density at radius 3 is 2.84 bits per heavy atom. The molecule has 0 bridgehead atoms. The zero-order valence-electron chi connectivity index (χ0n) is 9.94. The van der Waals surface area contributed by atoms with Gasteiger partial charge in [-0.05, 0) is 25.1 Å². The fourth-order valence-corrected chi connectivity index (χ4v) is 2.25. The molecule has 0 atom stereocenters. The average molecular weight is 295 g/mol. The topological polar surface area (TPSA) is 68.0 Å². The Labute approximate surface area is 118 Å². The van der Waals surface area contributed by atoms with Crippen LogP contribution in [-0.2, 0) is 0 Å². The fourth-order valence-electron chi connectivity index (χ4n) is 1.48. The number of nitrogens with zero attached hydrogens (tertiary/aromatic N) is 1. The van der Waals surface area contributed by atoms with Gasteiger partial charge in [-0.25, -0.2) is 9.37 Å². The standard InChI is InChI=1S/C12H10FN3OS2/c1-6-15-10(5-19-6)12(17)16-9-3-2-7(13)4-8(9)11(14)18/h2-5H,1H3,(H2,14,18)(H,16,17). The molecule has 0 unspecified atom stereocenters. The number of nitrogens with two attached hydrogens (primary N) is 1. The first-order valence-electron chi connectivity index (χ1n) is 5.30. The van der Waals surface area contributed by atoms with Crippen LogP contribution in [0.1, 0.15) is 21.1 Å². The quantitative estimate of drug-likeness (QED) is 0.854. The minimum Gasteiger partial charge on any atom is -0.389 e. The Hall–Kier alpha value is -1.86. The molecule has 2 aromatic rings. The molecule has 1 heterocycles. The molecule has 0 spiro atoms. The van der Waals surface area contributed by atoms with Gasteiger partial charge in [-0.15, -0.1) is 11.3 Å². The van der Waals surface area contributed by atoms with Crippen LogP contribution >= 0.6 is 23.6 Å². The van der Waals surface area contributed by atoms with Crippen molar-refractivity contribution in [2.24, 2.45) is 5.73 Å². The fraction of sp³-hybridized carbons (Fsp3) is 0.0833. The van der Waals surface area contributed by atoms with Gasteiger partial charge >= 0.3 is 0 Å². The lowest BCUT2D eigenvalue weighted by Gasteiger charge is -2.09. The number of nitrogens with one attached hydrogen (secondary N) is 1. The van der Waals surface area contributed by atoms with Crippen LogP contribution in [0.5, 0.6) is 0 Å². The van der Waals surface area contributed by atoms with E-state index in [2.05, 4.69) is 10.3 Å². The number of thiocarbonyl (C=S) groups is 1. The van der Waals surface area contributed by atoms with Crippen LogP contribution in [0.4, 0.5) is 10.1 Å². The van der Waals surface area contributed by atoms with E-state index < -0.39 is 5.82 Å². The Balaban J connectivity index is 2.28. The summed E-state index contributed by atoms with van der Waals surface area (Å²) in [6.07, 6.45) is 0. The van der Waals surface area contributed by atoms with Gasteiger partial charge < -0.3 is 11.1 Å². The number of anilines is 1. The number of aromatic nitrogens is 1. The van der Waals surface area contributed by atoms with Crippen molar-refractivity contribution in [3.8, 4) is 0 Å². The molecule has 0 saturated heterocycles. The van der Waals surface area contributed by atoms with Crippen molar-refractivity contribution in [1.82, 2.24) is 4.98 Å². The number of amides is 1. The maximum atomic E-state index is 13.1. The van der Waals surface area contributed by atoms with Crippen molar-refractivity contribution < 1.29 is 9.18 Å². The predicted molar refractivity (Wildman–Crippen MR) is 77.1 cm³/mol. The summed E-state index contributed by atoms with van der Waals surface area (Å²) in [6, 6.07) is 3.83. The number of benzene rings is 1. The van der Waals surface area contributed by atoms with E-state index in [4.69, 9.17) is 18.0 Å². The largest absolute Gasteiger partial charge is 0.389 e. The van der Waals surface area contributed by atoms with Gasteiger partial charge in [0.2, 0.25) is 0 Å². The lowest BCUT2D eigenvalue weighted by Crippen LogP contribution is -2.18. The molecule has 0 radical (unpaired) electrons. The normalized spacial score (nSPS) is 10.2. The number of hydrogen-bond acceptors (Lipinski definition) is 4. The molecule has 0 aliphatic heterocycles. The van der Waals surface area contributed by atoms with Crippen LogP contribution in [0.3, 0.4) is 0 Å². The molecule has 3 N–H and O–H groups in total. The molecule has 1 aromatic heterocycles. The van der Waals surface area contributed by atoms with Crippen LogP contribution in [0, 0.1) is 12.7 Å². The second kappa shape index (κ2) is 5.41. The number of hydrogen-bond donors (Lipinski definition) is 2. The van der Waals surface area contributed by atoms with Crippen molar-refractivity contribution in [1.29, 1.82) is 0 Å². The van der Waals surface area contributed by atoms with E-state index >= 15 is 0 Å². The molecular formula is C12H10FN3OS2. The van der Waals surface area contributed by atoms with Crippen LogP contribution in [0.2, 0.25) is 0 Å². The van der Waals surface area contributed by atoms with Crippen molar-refractivity contribution in [2.75, 3.05) is 5.32 Å². The van der Waals surface area contributed by atoms with E-state index in [0.717, 1.165) is 5.01 Å². The molecule has 0 aliphatic rings. The van der Waals surface area contributed by atoms with E-state index in [-0.39, 0.29) is 16.5 Å². The SMILES string of the molecule is Cc1nc(C(=O)Nc2ccc(F)cc2C(N)=S)cs1. The van der Waals surface area contributed by atoms with Gasteiger partial charge in [0, 0.05) is 10.9 Å². The molecule has 0 saturated carbocycles. The number of halogens is 1. The monoisotopic (exact) mass is 295 g/mol. The summed E-state index contributed by atoms with van der Waals surface area (Å²) < 4.78 is 13.1. The highest BCUT2D eigenvalue weighted by atomic mass is 32.1. The molecule has 1 aromatic carbocycles. The van der Waals surface area contributed by atoms with E-state index in [9.17, 15) is 9.18 Å². The third-order valence-corrected chi connectivity index (χ3v) is 3.34. The summed E-state index contributed by atoms with van der Waals surface area (Å²) in [7, 11) is 0. The summed E-state index contributed by atoms with van der Waals surface area (Å²) in [4.78, 5) is 16.0. The third kappa shape index (κ3) is 3.12. The van der Waals surface area contributed by atoms with E-state index in [1.54, 1.807) is 12.3 Å². The van der Waals surface area contributed by atoms with Gasteiger partial charge in [0.25, 0.3) is 5.91 Å². The van der Waals surface area contributed by atoms with E-state index in [1.807, 2.05) is 0 Å². The number of aryl methyl sites for hydroxylation is 1. The first-order chi connectivity index (χ1) is 8.97. The molecule has 2 rings (SSSR count). The first-order valence-corrected chi connectivity index (χ1v) is 6.59. The molecule has 4 nitrogen and oxygen atoms in total. The van der Waals surface area contributed by atoms with Gasteiger partial charge in [0.1, 0.15) is 16.5 Å². The van der Waals surface area contributed by atoms with Gasteiger partial charge in [-0.3, -0.25) is 4.79 Å². The highest BCUT2D eigenvalue weighted by molar-refractivity contribution is 7.80. The molecular weight excluding hydrogens is 285 g/mol. The summed E-state index contributed by atoms with van der Waals surface area (Å²) in [5, 5.41) is 5.06. The zero-order chi connectivity index (χ0) is 14.0. The van der Waals surface area contributed by atoms with Gasteiger partial charge in [-0.1, -0.05) is 12.2 Å². The Bertz CT molecular complexity index is 654. The molecule has 0 aliphatic carbocycles. The van der Waals surface area contributed by atoms with Crippen LogP contribution in [0.25, 0.3) is 0 Å². The summed E-state index contributed by atoms with van der Waals surface area (Å²) in [5.41, 5.74) is 6.46. The summed E-state index contributed by atoms with van der Waals surface area (Å²) in [6.45, 7) is 1.81. The number of carbonyl (C=O) groups is 1. The smallest absolute Gasteiger partial charge is 0.275 e. The minimum atomic E-state index is -0.467.